The number of para-hydroxylation sites is 1. The first-order valence-electron chi connectivity index (χ1n) is 8.94. The molecular formula is C20H26N2O. The lowest BCUT2D eigenvalue weighted by Crippen LogP contribution is -2.37. The van der Waals surface area contributed by atoms with Crippen LogP contribution in [0.5, 0.6) is 0 Å². The number of fused-ring (bicyclic) bond motifs is 3. The number of nitrogens with one attached hydrogen (secondary N) is 1. The summed E-state index contributed by atoms with van der Waals surface area (Å²) >= 11 is 0. The van der Waals surface area contributed by atoms with Gasteiger partial charge < -0.3 is 9.88 Å². The predicted molar refractivity (Wildman–Crippen MR) is 94.4 cm³/mol. The van der Waals surface area contributed by atoms with Crippen molar-refractivity contribution in [3.8, 4) is 0 Å². The van der Waals surface area contributed by atoms with E-state index in [-0.39, 0.29) is 5.56 Å². The molecule has 0 aliphatic heterocycles. The third-order valence-electron chi connectivity index (χ3n) is 6.26. The molecule has 0 saturated heterocycles. The van der Waals surface area contributed by atoms with Crippen LogP contribution >= 0.6 is 0 Å². The van der Waals surface area contributed by atoms with Crippen molar-refractivity contribution < 1.29 is 0 Å². The van der Waals surface area contributed by atoms with Crippen LogP contribution in [0.4, 0.5) is 0 Å². The van der Waals surface area contributed by atoms with Crippen molar-refractivity contribution in [1.82, 2.24) is 9.88 Å². The summed E-state index contributed by atoms with van der Waals surface area (Å²) in [6.45, 7) is 2.98. The first kappa shape index (κ1) is 14.9. The zero-order valence-corrected chi connectivity index (χ0v) is 14.1. The second kappa shape index (κ2) is 5.79. The highest BCUT2D eigenvalue weighted by Gasteiger charge is 2.41. The summed E-state index contributed by atoms with van der Waals surface area (Å²) in [6.07, 6.45) is 5.68. The van der Waals surface area contributed by atoms with Crippen molar-refractivity contribution in [3.63, 3.8) is 0 Å². The zero-order chi connectivity index (χ0) is 16.0. The Balaban J connectivity index is 1.52. The van der Waals surface area contributed by atoms with Crippen LogP contribution in [-0.2, 0) is 13.6 Å². The van der Waals surface area contributed by atoms with Gasteiger partial charge in [0.1, 0.15) is 0 Å². The smallest absolute Gasteiger partial charge is 0.255 e. The number of hydrogen-bond acceptors (Lipinski definition) is 2. The molecule has 2 bridgehead atoms. The van der Waals surface area contributed by atoms with Gasteiger partial charge in [-0.05, 0) is 61.5 Å². The Bertz CT molecular complexity index is 779. The lowest BCUT2D eigenvalue weighted by atomic mass is 9.84. The number of rotatable bonds is 4. The van der Waals surface area contributed by atoms with Gasteiger partial charge in [0, 0.05) is 25.2 Å². The first-order valence-corrected chi connectivity index (χ1v) is 8.94. The van der Waals surface area contributed by atoms with Gasteiger partial charge in [0.2, 0.25) is 0 Å². The van der Waals surface area contributed by atoms with Crippen LogP contribution < -0.4 is 10.9 Å². The van der Waals surface area contributed by atoms with E-state index in [4.69, 9.17) is 0 Å². The Morgan fingerprint density at radius 1 is 1.26 bits per heavy atom. The van der Waals surface area contributed by atoms with E-state index in [9.17, 15) is 4.79 Å². The fourth-order valence-corrected chi connectivity index (χ4v) is 4.94. The van der Waals surface area contributed by atoms with Crippen molar-refractivity contribution in [1.29, 1.82) is 0 Å². The highest BCUT2D eigenvalue weighted by atomic mass is 16.1. The fourth-order valence-electron chi connectivity index (χ4n) is 4.94. The number of pyridine rings is 1. The zero-order valence-electron chi connectivity index (χ0n) is 14.1. The molecule has 1 aromatic carbocycles. The maximum absolute atomic E-state index is 12.6. The maximum atomic E-state index is 12.6. The molecule has 1 N–H and O–H groups in total. The van der Waals surface area contributed by atoms with Gasteiger partial charge in [-0.1, -0.05) is 24.6 Å². The molecule has 4 atom stereocenters. The van der Waals surface area contributed by atoms with Crippen LogP contribution in [0.1, 0.15) is 38.2 Å². The summed E-state index contributed by atoms with van der Waals surface area (Å²) in [5.41, 5.74) is 2.00. The molecule has 3 nitrogen and oxygen atoms in total. The number of aryl methyl sites for hydroxylation is 1. The van der Waals surface area contributed by atoms with Crippen molar-refractivity contribution in [2.45, 2.75) is 45.2 Å². The molecule has 4 rings (SSSR count). The van der Waals surface area contributed by atoms with Crippen molar-refractivity contribution in [2.75, 3.05) is 0 Å². The Hall–Kier alpha value is -1.61. The first-order chi connectivity index (χ1) is 11.1. The number of nitrogens with zero attached hydrogens (tertiary/aromatic N) is 1. The standard InChI is InChI=1S/C20H26N2O/c1-13(18-10-14-7-8-15(18)9-14)21-12-17-11-16-5-3-4-6-19(16)22(2)20(17)23/h3-6,11,13-15,18,21H,7-10,12H2,1-2H3. The van der Waals surface area contributed by atoms with Crippen LogP contribution in [0.15, 0.2) is 35.1 Å². The Morgan fingerprint density at radius 3 is 2.83 bits per heavy atom. The average Bonchev–Trinajstić information content (AvgIpc) is 3.20. The van der Waals surface area contributed by atoms with Crippen LogP contribution in [0.3, 0.4) is 0 Å². The number of benzene rings is 1. The second-order valence-corrected chi connectivity index (χ2v) is 7.60. The van der Waals surface area contributed by atoms with E-state index in [1.807, 2.05) is 25.2 Å². The molecule has 4 unspecified atom stereocenters. The number of hydrogen-bond donors (Lipinski definition) is 1. The molecular weight excluding hydrogens is 284 g/mol. The van der Waals surface area contributed by atoms with Crippen molar-refractivity contribution in [3.05, 3.63) is 46.2 Å². The molecule has 3 heteroatoms. The van der Waals surface area contributed by atoms with Gasteiger partial charge in [-0.15, -0.1) is 0 Å². The molecule has 2 fully saturated rings. The average molecular weight is 310 g/mol. The highest BCUT2D eigenvalue weighted by Crippen LogP contribution is 2.49. The molecule has 0 spiro atoms. The van der Waals surface area contributed by atoms with Gasteiger partial charge in [-0.25, -0.2) is 0 Å². The monoisotopic (exact) mass is 310 g/mol. The molecule has 122 valence electrons. The predicted octanol–water partition coefficient (Wildman–Crippen LogP) is 3.45. The van der Waals surface area contributed by atoms with Crippen LogP contribution in [-0.4, -0.2) is 10.6 Å². The molecule has 0 amide bonds. The Morgan fingerprint density at radius 2 is 2.09 bits per heavy atom. The van der Waals surface area contributed by atoms with Gasteiger partial charge in [-0.2, -0.15) is 0 Å². The van der Waals surface area contributed by atoms with Crippen LogP contribution in [0.25, 0.3) is 10.9 Å². The van der Waals surface area contributed by atoms with E-state index >= 15 is 0 Å². The second-order valence-electron chi connectivity index (χ2n) is 7.60. The maximum Gasteiger partial charge on any atom is 0.255 e. The summed E-state index contributed by atoms with van der Waals surface area (Å²) < 4.78 is 1.77. The van der Waals surface area contributed by atoms with Crippen molar-refractivity contribution in [2.24, 2.45) is 24.8 Å². The van der Waals surface area contributed by atoms with E-state index in [1.54, 1.807) is 4.57 Å². The molecule has 2 aliphatic carbocycles. The Kier molecular flexibility index (Phi) is 3.76. The lowest BCUT2D eigenvalue weighted by molar-refractivity contribution is 0.259. The summed E-state index contributed by atoms with van der Waals surface area (Å²) in [5.74, 6) is 2.70. The van der Waals surface area contributed by atoms with Crippen LogP contribution in [0, 0.1) is 17.8 Å². The molecule has 2 aliphatic rings. The molecule has 23 heavy (non-hydrogen) atoms. The normalized spacial score (nSPS) is 27.7. The van der Waals surface area contributed by atoms with E-state index in [2.05, 4.69) is 24.4 Å². The van der Waals surface area contributed by atoms with Gasteiger partial charge in [0.15, 0.2) is 0 Å². The lowest BCUT2D eigenvalue weighted by Gasteiger charge is -2.28. The molecule has 2 saturated carbocycles. The Labute approximate surface area is 137 Å². The fraction of sp³-hybridized carbons (Fsp3) is 0.550. The molecule has 2 aromatic rings. The highest BCUT2D eigenvalue weighted by molar-refractivity contribution is 5.79. The van der Waals surface area contributed by atoms with E-state index in [0.29, 0.717) is 12.6 Å². The quantitative estimate of drug-likeness (QED) is 0.938. The minimum Gasteiger partial charge on any atom is -0.311 e. The minimum absolute atomic E-state index is 0.122. The summed E-state index contributed by atoms with van der Waals surface area (Å²) in [4.78, 5) is 12.6. The van der Waals surface area contributed by atoms with Gasteiger partial charge >= 0.3 is 0 Å². The van der Waals surface area contributed by atoms with Gasteiger partial charge in [0.25, 0.3) is 5.56 Å². The largest absolute Gasteiger partial charge is 0.311 e. The van der Waals surface area contributed by atoms with E-state index < -0.39 is 0 Å². The van der Waals surface area contributed by atoms with Gasteiger partial charge in [-0.3, -0.25) is 4.79 Å². The SMILES string of the molecule is CC(NCc1cc2ccccc2n(C)c1=O)C1CC2CCC1C2. The van der Waals surface area contributed by atoms with Crippen LogP contribution in [0.2, 0.25) is 0 Å². The van der Waals surface area contributed by atoms with E-state index in [1.165, 1.54) is 25.7 Å². The molecule has 1 aromatic heterocycles. The number of aromatic nitrogens is 1. The third kappa shape index (κ3) is 2.61. The van der Waals surface area contributed by atoms with Gasteiger partial charge in [0.05, 0.1) is 5.52 Å². The molecule has 1 heterocycles. The summed E-state index contributed by atoms with van der Waals surface area (Å²) in [5, 5.41) is 4.78. The third-order valence-corrected chi connectivity index (χ3v) is 6.26. The summed E-state index contributed by atoms with van der Waals surface area (Å²) in [7, 11) is 1.87. The minimum atomic E-state index is 0.122. The topological polar surface area (TPSA) is 34.0 Å². The van der Waals surface area contributed by atoms with Crippen molar-refractivity contribution >= 4 is 10.9 Å². The molecule has 0 radical (unpaired) electrons. The summed E-state index contributed by atoms with van der Waals surface area (Å²) in [6, 6.07) is 10.7. The van der Waals surface area contributed by atoms with E-state index in [0.717, 1.165) is 34.2 Å².